The summed E-state index contributed by atoms with van der Waals surface area (Å²) < 4.78 is 1.27. The molecule has 136 valence electrons. The summed E-state index contributed by atoms with van der Waals surface area (Å²) in [4.78, 5) is 41.7. The van der Waals surface area contributed by atoms with E-state index in [2.05, 4.69) is 15.4 Å². The maximum atomic E-state index is 12.5. The largest absolute Gasteiger partial charge is 0.478 e. The number of aromatic carboxylic acids is 1. The molecule has 9 heteroatoms. The number of fused-ring (bicyclic) bond motifs is 1. The Bertz CT molecular complexity index is 1080. The number of aryl methyl sites for hydroxylation is 2. The normalized spacial score (nSPS) is 11.0. The number of nitrogens with zero attached hydrogens (tertiary/aromatic N) is 2. The molecule has 26 heavy (non-hydrogen) atoms. The zero-order valence-electron chi connectivity index (χ0n) is 14.5. The number of rotatable bonds is 5. The predicted molar refractivity (Wildman–Crippen MR) is 98.3 cm³/mol. The fourth-order valence-corrected chi connectivity index (χ4v) is 4.11. The van der Waals surface area contributed by atoms with Gasteiger partial charge in [-0.2, -0.15) is 0 Å². The van der Waals surface area contributed by atoms with Crippen molar-refractivity contribution in [1.82, 2.24) is 14.6 Å². The molecule has 0 spiro atoms. The lowest BCUT2D eigenvalue weighted by atomic mass is 10.1. The molecule has 3 aromatic rings. The number of aromatic amines is 1. The van der Waals surface area contributed by atoms with Crippen molar-refractivity contribution in [1.29, 1.82) is 0 Å². The number of hydrogen-bond acceptors (Lipinski definition) is 5. The summed E-state index contributed by atoms with van der Waals surface area (Å²) in [6.45, 7) is 5.37. The quantitative estimate of drug-likeness (QED) is 0.633. The second kappa shape index (κ2) is 6.75. The molecule has 0 saturated carbocycles. The van der Waals surface area contributed by atoms with Crippen LogP contribution >= 0.6 is 11.3 Å². The molecule has 0 aromatic carbocycles. The minimum absolute atomic E-state index is 0.120. The molecule has 0 atom stereocenters. The van der Waals surface area contributed by atoms with Crippen LogP contribution in [0.1, 0.15) is 39.0 Å². The summed E-state index contributed by atoms with van der Waals surface area (Å²) >= 11 is 1.23. The van der Waals surface area contributed by atoms with Gasteiger partial charge in [0.05, 0.1) is 12.0 Å². The highest BCUT2D eigenvalue weighted by Gasteiger charge is 2.22. The Morgan fingerprint density at radius 3 is 2.73 bits per heavy atom. The summed E-state index contributed by atoms with van der Waals surface area (Å²) in [7, 11) is 0. The number of carbonyl (C=O) groups is 2. The van der Waals surface area contributed by atoms with Gasteiger partial charge in [0.15, 0.2) is 5.65 Å². The van der Waals surface area contributed by atoms with Gasteiger partial charge in [-0.1, -0.05) is 6.92 Å². The van der Waals surface area contributed by atoms with Crippen molar-refractivity contribution in [2.75, 3.05) is 5.32 Å². The molecular weight excluding hydrogens is 356 g/mol. The van der Waals surface area contributed by atoms with Gasteiger partial charge >= 0.3 is 5.97 Å². The molecule has 0 aliphatic heterocycles. The molecule has 3 N–H and O–H groups in total. The van der Waals surface area contributed by atoms with Crippen LogP contribution in [-0.2, 0) is 17.6 Å². The van der Waals surface area contributed by atoms with Gasteiger partial charge in [-0.25, -0.2) is 14.3 Å². The zero-order valence-corrected chi connectivity index (χ0v) is 15.4. The highest BCUT2D eigenvalue weighted by molar-refractivity contribution is 7.16. The zero-order chi connectivity index (χ0) is 19.0. The highest BCUT2D eigenvalue weighted by atomic mass is 32.1. The Morgan fingerprint density at radius 2 is 2.08 bits per heavy atom. The van der Waals surface area contributed by atoms with E-state index < -0.39 is 11.9 Å². The maximum Gasteiger partial charge on any atom is 0.339 e. The molecule has 3 rings (SSSR count). The average molecular weight is 374 g/mol. The monoisotopic (exact) mass is 374 g/mol. The fraction of sp³-hybridized carbons (Fsp3) is 0.294. The Hall–Kier alpha value is -2.94. The topological polar surface area (TPSA) is 117 Å². The first-order valence-electron chi connectivity index (χ1n) is 8.04. The Kier molecular flexibility index (Phi) is 4.64. The number of carboxylic acid groups (broad SMARTS) is 1. The van der Waals surface area contributed by atoms with Crippen molar-refractivity contribution in [3.05, 3.63) is 49.9 Å². The van der Waals surface area contributed by atoms with Crippen molar-refractivity contribution in [2.45, 2.75) is 33.6 Å². The number of H-pyrrole nitrogens is 1. The van der Waals surface area contributed by atoms with E-state index in [1.807, 2.05) is 13.8 Å². The molecule has 3 aromatic heterocycles. The van der Waals surface area contributed by atoms with Gasteiger partial charge < -0.3 is 10.4 Å². The summed E-state index contributed by atoms with van der Waals surface area (Å²) in [5, 5.41) is 15.2. The lowest BCUT2D eigenvalue weighted by Gasteiger charge is -2.07. The van der Waals surface area contributed by atoms with Crippen LogP contribution < -0.4 is 10.9 Å². The third kappa shape index (κ3) is 3.01. The van der Waals surface area contributed by atoms with Crippen LogP contribution in [0.25, 0.3) is 5.65 Å². The molecule has 3 heterocycles. The van der Waals surface area contributed by atoms with Crippen LogP contribution in [0.15, 0.2) is 17.1 Å². The first-order valence-corrected chi connectivity index (χ1v) is 8.86. The van der Waals surface area contributed by atoms with Gasteiger partial charge in [-0.15, -0.1) is 11.3 Å². The van der Waals surface area contributed by atoms with Gasteiger partial charge in [0.1, 0.15) is 5.00 Å². The standard InChI is InChI=1S/C17H18N4O4S/c1-4-10-9(3)26-15(14(10)17(24)25)20-13(22)7-11-8(2)19-12-5-6-18-21(12)16(11)23/h5-6,18H,4,7H2,1-3H3,(H,20,22)(H,24,25). The van der Waals surface area contributed by atoms with E-state index in [0.717, 1.165) is 4.88 Å². The van der Waals surface area contributed by atoms with E-state index in [1.54, 1.807) is 19.2 Å². The van der Waals surface area contributed by atoms with Crippen LogP contribution in [0, 0.1) is 13.8 Å². The molecular formula is C17H18N4O4S. The lowest BCUT2D eigenvalue weighted by Crippen LogP contribution is -2.26. The molecule has 8 nitrogen and oxygen atoms in total. The second-order valence-corrected chi connectivity index (χ2v) is 7.09. The van der Waals surface area contributed by atoms with E-state index in [-0.39, 0.29) is 23.1 Å². The van der Waals surface area contributed by atoms with E-state index in [9.17, 15) is 19.5 Å². The van der Waals surface area contributed by atoms with Gasteiger partial charge in [0, 0.05) is 28.4 Å². The number of nitrogens with one attached hydrogen (secondary N) is 2. The Morgan fingerprint density at radius 1 is 1.35 bits per heavy atom. The van der Waals surface area contributed by atoms with Crippen LogP contribution in [0.3, 0.4) is 0 Å². The lowest BCUT2D eigenvalue weighted by molar-refractivity contribution is -0.115. The Balaban J connectivity index is 1.91. The molecule has 0 unspecified atom stereocenters. The van der Waals surface area contributed by atoms with Crippen molar-refractivity contribution in [2.24, 2.45) is 0 Å². The maximum absolute atomic E-state index is 12.5. The smallest absolute Gasteiger partial charge is 0.339 e. The molecule has 0 saturated heterocycles. The minimum Gasteiger partial charge on any atom is -0.478 e. The number of carboxylic acids is 1. The van der Waals surface area contributed by atoms with Gasteiger partial charge in [0.25, 0.3) is 5.56 Å². The first-order chi connectivity index (χ1) is 12.3. The van der Waals surface area contributed by atoms with E-state index in [0.29, 0.717) is 28.3 Å². The minimum atomic E-state index is -1.08. The van der Waals surface area contributed by atoms with E-state index >= 15 is 0 Å². The summed E-state index contributed by atoms with van der Waals surface area (Å²) in [6.07, 6.45) is 1.97. The third-order valence-electron chi connectivity index (χ3n) is 4.21. The summed E-state index contributed by atoms with van der Waals surface area (Å²) in [5.74, 6) is -1.53. The molecule has 0 aliphatic carbocycles. The summed E-state index contributed by atoms with van der Waals surface area (Å²) in [6, 6.07) is 1.66. The molecule has 1 amide bonds. The average Bonchev–Trinajstić information content (AvgIpc) is 3.15. The molecule has 0 radical (unpaired) electrons. The van der Waals surface area contributed by atoms with Crippen molar-refractivity contribution in [3.63, 3.8) is 0 Å². The van der Waals surface area contributed by atoms with Crippen LogP contribution in [0.2, 0.25) is 0 Å². The van der Waals surface area contributed by atoms with Gasteiger partial charge in [-0.05, 0) is 25.8 Å². The van der Waals surface area contributed by atoms with Gasteiger partial charge in [-0.3, -0.25) is 14.7 Å². The van der Waals surface area contributed by atoms with Crippen molar-refractivity contribution < 1.29 is 14.7 Å². The van der Waals surface area contributed by atoms with Crippen LogP contribution in [0.4, 0.5) is 5.00 Å². The second-order valence-electron chi connectivity index (χ2n) is 5.86. The number of carbonyl (C=O) groups excluding carboxylic acids is 1. The number of amides is 1. The SMILES string of the molecule is CCc1c(C)sc(NC(=O)Cc2c(C)nc3cc[nH]n3c2=O)c1C(=O)O. The fourth-order valence-electron chi connectivity index (χ4n) is 2.96. The number of aromatic nitrogens is 3. The molecule has 0 fully saturated rings. The van der Waals surface area contributed by atoms with E-state index in [4.69, 9.17) is 0 Å². The van der Waals surface area contributed by atoms with Crippen molar-refractivity contribution in [3.8, 4) is 0 Å². The summed E-state index contributed by atoms with van der Waals surface area (Å²) in [5.41, 5.74) is 1.70. The number of anilines is 1. The van der Waals surface area contributed by atoms with E-state index in [1.165, 1.54) is 15.9 Å². The number of hydrogen-bond donors (Lipinski definition) is 3. The van der Waals surface area contributed by atoms with Crippen molar-refractivity contribution >= 4 is 33.9 Å². The third-order valence-corrected chi connectivity index (χ3v) is 5.27. The van der Waals surface area contributed by atoms with Crippen LogP contribution in [0.5, 0.6) is 0 Å². The molecule has 0 aliphatic rings. The Labute approximate surface area is 152 Å². The highest BCUT2D eigenvalue weighted by Crippen LogP contribution is 2.33. The predicted octanol–water partition coefficient (Wildman–Crippen LogP) is 2.14. The number of thiophene rings is 1. The van der Waals surface area contributed by atoms with Crippen LogP contribution in [-0.4, -0.2) is 31.6 Å². The first kappa shape index (κ1) is 17.9. The molecule has 0 bridgehead atoms. The van der Waals surface area contributed by atoms with Gasteiger partial charge in [0.2, 0.25) is 5.91 Å².